The maximum absolute atomic E-state index is 3.50. The van der Waals surface area contributed by atoms with Gasteiger partial charge < -0.3 is 10.2 Å². The Hall–Kier alpha value is -0.680. The lowest BCUT2D eigenvalue weighted by Gasteiger charge is -2.13. The lowest BCUT2D eigenvalue weighted by molar-refractivity contribution is 0.349. The molecule has 0 spiro atoms. The Bertz CT molecular complexity index is 448. The first-order valence-electron chi connectivity index (χ1n) is 6.30. The van der Waals surface area contributed by atoms with Crippen molar-refractivity contribution in [2.45, 2.75) is 13.5 Å². The van der Waals surface area contributed by atoms with E-state index in [0.29, 0.717) is 0 Å². The number of nitrogens with one attached hydrogen (secondary N) is 1. The van der Waals surface area contributed by atoms with Gasteiger partial charge in [-0.25, -0.2) is 0 Å². The number of hydrogen-bond acceptors (Lipinski definition) is 4. The van der Waals surface area contributed by atoms with E-state index in [1.54, 1.807) is 11.3 Å². The Balaban J connectivity index is 1.77. The fourth-order valence-corrected chi connectivity index (χ4v) is 3.33. The van der Waals surface area contributed by atoms with Crippen molar-refractivity contribution >= 4 is 22.7 Å². The van der Waals surface area contributed by atoms with Crippen molar-refractivity contribution in [2.75, 3.05) is 26.7 Å². The zero-order valence-electron chi connectivity index (χ0n) is 11.0. The predicted molar refractivity (Wildman–Crippen MR) is 82.5 cm³/mol. The minimum atomic E-state index is 0.980. The monoisotopic (exact) mass is 280 g/mol. The van der Waals surface area contributed by atoms with E-state index in [-0.39, 0.29) is 0 Å². The predicted octanol–water partition coefficient (Wildman–Crippen LogP) is 3.52. The van der Waals surface area contributed by atoms with E-state index in [4.69, 9.17) is 0 Å². The summed E-state index contributed by atoms with van der Waals surface area (Å²) < 4.78 is 0. The van der Waals surface area contributed by atoms with Crippen LogP contribution >= 0.6 is 22.7 Å². The van der Waals surface area contributed by atoms with Gasteiger partial charge in [0.05, 0.1) is 0 Å². The SMILES string of the molecule is CCN(C)CCNCc1cc(-c2cccs2)cs1. The van der Waals surface area contributed by atoms with E-state index < -0.39 is 0 Å². The average Bonchev–Trinajstić information content (AvgIpc) is 3.04. The third kappa shape index (κ3) is 3.92. The van der Waals surface area contributed by atoms with Gasteiger partial charge in [0.1, 0.15) is 0 Å². The highest BCUT2D eigenvalue weighted by atomic mass is 32.1. The van der Waals surface area contributed by atoms with Crippen LogP contribution in [0.3, 0.4) is 0 Å². The highest BCUT2D eigenvalue weighted by molar-refractivity contribution is 7.14. The maximum Gasteiger partial charge on any atom is 0.0351 e. The fraction of sp³-hybridized carbons (Fsp3) is 0.429. The fourth-order valence-electron chi connectivity index (χ4n) is 1.68. The van der Waals surface area contributed by atoms with E-state index in [1.807, 2.05) is 11.3 Å². The van der Waals surface area contributed by atoms with Crippen LogP contribution in [0.2, 0.25) is 0 Å². The van der Waals surface area contributed by atoms with Crippen LogP contribution in [0.25, 0.3) is 10.4 Å². The Kier molecular flexibility index (Phi) is 5.38. The van der Waals surface area contributed by atoms with Gasteiger partial charge in [0, 0.05) is 35.0 Å². The average molecular weight is 280 g/mol. The molecule has 0 fully saturated rings. The molecular formula is C14H20N2S2. The molecule has 0 atom stereocenters. The molecule has 2 rings (SSSR count). The summed E-state index contributed by atoms with van der Waals surface area (Å²) in [5.41, 5.74) is 1.36. The van der Waals surface area contributed by atoms with Crippen molar-refractivity contribution in [2.24, 2.45) is 0 Å². The zero-order chi connectivity index (χ0) is 12.8. The quantitative estimate of drug-likeness (QED) is 0.781. The van der Waals surface area contributed by atoms with Crippen molar-refractivity contribution in [1.82, 2.24) is 10.2 Å². The third-order valence-corrected chi connectivity index (χ3v) is 4.82. The third-order valence-electron chi connectivity index (χ3n) is 2.97. The Morgan fingerprint density at radius 2 is 2.22 bits per heavy atom. The highest BCUT2D eigenvalue weighted by Crippen LogP contribution is 2.29. The number of thiophene rings is 2. The van der Waals surface area contributed by atoms with Gasteiger partial charge in [-0.15, -0.1) is 22.7 Å². The summed E-state index contributed by atoms with van der Waals surface area (Å²) in [5.74, 6) is 0. The summed E-state index contributed by atoms with van der Waals surface area (Å²) in [7, 11) is 2.15. The second-order valence-corrected chi connectivity index (χ2v) is 6.30. The van der Waals surface area contributed by atoms with Crippen LogP contribution in [0, 0.1) is 0 Å². The molecule has 0 saturated heterocycles. The molecule has 0 bridgehead atoms. The van der Waals surface area contributed by atoms with Crippen LogP contribution in [-0.4, -0.2) is 31.6 Å². The largest absolute Gasteiger partial charge is 0.311 e. The van der Waals surface area contributed by atoms with Crippen LogP contribution in [0.4, 0.5) is 0 Å². The normalized spacial score (nSPS) is 11.3. The molecule has 0 radical (unpaired) electrons. The lowest BCUT2D eigenvalue weighted by atomic mass is 10.2. The molecular weight excluding hydrogens is 260 g/mol. The van der Waals surface area contributed by atoms with Crippen molar-refractivity contribution in [3.05, 3.63) is 33.8 Å². The molecule has 0 saturated carbocycles. The highest BCUT2D eigenvalue weighted by Gasteiger charge is 2.03. The summed E-state index contributed by atoms with van der Waals surface area (Å²) in [6, 6.07) is 6.59. The molecule has 0 aromatic carbocycles. The van der Waals surface area contributed by atoms with Gasteiger partial charge in [0.15, 0.2) is 0 Å². The zero-order valence-corrected chi connectivity index (χ0v) is 12.6. The van der Waals surface area contributed by atoms with Gasteiger partial charge in [-0.3, -0.25) is 0 Å². The Morgan fingerprint density at radius 1 is 1.33 bits per heavy atom. The second kappa shape index (κ2) is 7.04. The van der Waals surface area contributed by atoms with E-state index in [2.05, 4.69) is 53.1 Å². The standard InChI is InChI=1S/C14H20N2S2/c1-3-16(2)7-6-15-10-13-9-12(11-18-13)14-5-4-8-17-14/h4-5,8-9,11,15H,3,6-7,10H2,1-2H3. The minimum absolute atomic E-state index is 0.980. The maximum atomic E-state index is 3.50. The van der Waals surface area contributed by atoms with Crippen molar-refractivity contribution in [3.63, 3.8) is 0 Å². The minimum Gasteiger partial charge on any atom is -0.311 e. The van der Waals surface area contributed by atoms with Gasteiger partial charge in [-0.2, -0.15) is 0 Å². The van der Waals surface area contributed by atoms with Crippen LogP contribution in [0.1, 0.15) is 11.8 Å². The molecule has 18 heavy (non-hydrogen) atoms. The smallest absolute Gasteiger partial charge is 0.0351 e. The van der Waals surface area contributed by atoms with Crippen molar-refractivity contribution in [3.8, 4) is 10.4 Å². The first-order valence-corrected chi connectivity index (χ1v) is 8.06. The van der Waals surface area contributed by atoms with E-state index in [9.17, 15) is 0 Å². The summed E-state index contributed by atoms with van der Waals surface area (Å²) in [4.78, 5) is 5.10. The molecule has 2 nitrogen and oxygen atoms in total. The van der Waals surface area contributed by atoms with Crippen molar-refractivity contribution in [1.29, 1.82) is 0 Å². The summed E-state index contributed by atoms with van der Waals surface area (Å²) >= 11 is 3.65. The van der Waals surface area contributed by atoms with Crippen LogP contribution in [-0.2, 0) is 6.54 Å². The van der Waals surface area contributed by atoms with Crippen molar-refractivity contribution < 1.29 is 0 Å². The molecule has 0 aliphatic carbocycles. The number of rotatable bonds is 7. The Morgan fingerprint density at radius 3 is 2.94 bits per heavy atom. The second-order valence-electron chi connectivity index (χ2n) is 4.35. The number of nitrogens with zero attached hydrogens (tertiary/aromatic N) is 1. The van der Waals surface area contributed by atoms with E-state index in [0.717, 1.165) is 26.2 Å². The number of likely N-dealkylation sites (N-methyl/N-ethyl adjacent to an activating group) is 1. The summed E-state index contributed by atoms with van der Waals surface area (Å²) in [5, 5.41) is 7.88. The molecule has 2 heterocycles. The molecule has 0 unspecified atom stereocenters. The van der Waals surface area contributed by atoms with E-state index >= 15 is 0 Å². The molecule has 2 aromatic heterocycles. The van der Waals surface area contributed by atoms with Crippen LogP contribution in [0.5, 0.6) is 0 Å². The molecule has 98 valence electrons. The molecule has 4 heteroatoms. The molecule has 0 amide bonds. The Labute approximate surface area is 117 Å². The first-order chi connectivity index (χ1) is 8.79. The first kappa shape index (κ1) is 13.7. The molecule has 0 aliphatic rings. The molecule has 0 aliphatic heterocycles. The van der Waals surface area contributed by atoms with E-state index in [1.165, 1.54) is 15.3 Å². The van der Waals surface area contributed by atoms with Gasteiger partial charge in [-0.1, -0.05) is 13.0 Å². The van der Waals surface area contributed by atoms with Gasteiger partial charge >= 0.3 is 0 Å². The van der Waals surface area contributed by atoms with Crippen LogP contribution in [0.15, 0.2) is 29.0 Å². The molecule has 2 aromatic rings. The number of hydrogen-bond donors (Lipinski definition) is 1. The van der Waals surface area contributed by atoms with Gasteiger partial charge in [-0.05, 0) is 36.5 Å². The summed E-state index contributed by atoms with van der Waals surface area (Å²) in [6.45, 7) is 6.44. The van der Waals surface area contributed by atoms with Gasteiger partial charge in [0.2, 0.25) is 0 Å². The van der Waals surface area contributed by atoms with Gasteiger partial charge in [0.25, 0.3) is 0 Å². The van der Waals surface area contributed by atoms with Crippen LogP contribution < -0.4 is 5.32 Å². The topological polar surface area (TPSA) is 15.3 Å². The summed E-state index contributed by atoms with van der Waals surface area (Å²) in [6.07, 6.45) is 0. The lowest BCUT2D eigenvalue weighted by Crippen LogP contribution is -2.28. The molecule has 1 N–H and O–H groups in total.